The van der Waals surface area contributed by atoms with Gasteiger partial charge >= 0.3 is 0 Å². The van der Waals surface area contributed by atoms with Gasteiger partial charge in [-0.25, -0.2) is 8.42 Å². The van der Waals surface area contributed by atoms with Crippen molar-refractivity contribution >= 4 is 15.7 Å². The zero-order chi connectivity index (χ0) is 12.6. The van der Waals surface area contributed by atoms with Gasteiger partial charge in [0.05, 0.1) is 5.75 Å². The van der Waals surface area contributed by atoms with E-state index < -0.39 is 10.0 Å². The third-order valence-electron chi connectivity index (χ3n) is 3.52. The third-order valence-corrected chi connectivity index (χ3v) is 4.98. The molecular formula is C13H18N2O2S. The number of nitrogens with one attached hydrogen (secondary N) is 2. The number of benzene rings is 1. The number of hydrogen-bond donors (Lipinski definition) is 2. The number of sulfonamides is 1. The molecule has 0 saturated heterocycles. The first kappa shape index (κ1) is 12.0. The van der Waals surface area contributed by atoms with E-state index in [1.807, 2.05) is 18.2 Å². The average Bonchev–Trinajstić information content (AvgIpc) is 3.11. The van der Waals surface area contributed by atoms with E-state index in [4.69, 9.17) is 0 Å². The van der Waals surface area contributed by atoms with Gasteiger partial charge < -0.3 is 5.32 Å². The van der Waals surface area contributed by atoms with Gasteiger partial charge in [-0.1, -0.05) is 6.07 Å². The highest BCUT2D eigenvalue weighted by atomic mass is 32.2. The molecule has 0 aromatic heterocycles. The molecule has 1 aromatic rings. The minimum absolute atomic E-state index is 0.266. The Labute approximate surface area is 108 Å². The molecule has 1 heterocycles. The highest BCUT2D eigenvalue weighted by molar-refractivity contribution is 7.92. The van der Waals surface area contributed by atoms with Crippen LogP contribution in [0.15, 0.2) is 18.2 Å². The summed E-state index contributed by atoms with van der Waals surface area (Å²) in [6, 6.07) is 5.85. The summed E-state index contributed by atoms with van der Waals surface area (Å²) in [4.78, 5) is 0. The number of rotatable bonds is 4. The molecule has 5 heteroatoms. The normalized spacial score (nSPS) is 19.3. The maximum Gasteiger partial charge on any atom is 0.232 e. The van der Waals surface area contributed by atoms with E-state index in [1.54, 1.807) is 0 Å². The van der Waals surface area contributed by atoms with Gasteiger partial charge in [-0.15, -0.1) is 0 Å². The standard InChI is InChI=1S/C13H18N2O2S/c16-18(17,9-10-1-2-10)15-13-4-3-11-5-6-14-8-12(11)7-13/h3-4,7,10,14-15H,1-2,5-6,8-9H2. The molecule has 0 spiro atoms. The topological polar surface area (TPSA) is 58.2 Å². The lowest BCUT2D eigenvalue weighted by Crippen LogP contribution is -2.24. The van der Waals surface area contributed by atoms with E-state index in [2.05, 4.69) is 10.0 Å². The van der Waals surface area contributed by atoms with Crippen molar-refractivity contribution in [2.24, 2.45) is 5.92 Å². The summed E-state index contributed by atoms with van der Waals surface area (Å²) in [5.41, 5.74) is 3.21. The van der Waals surface area contributed by atoms with Crippen LogP contribution in [0.4, 0.5) is 5.69 Å². The molecular weight excluding hydrogens is 248 g/mol. The molecule has 2 N–H and O–H groups in total. The second-order valence-electron chi connectivity index (χ2n) is 5.24. The van der Waals surface area contributed by atoms with Crippen molar-refractivity contribution in [2.75, 3.05) is 17.0 Å². The zero-order valence-corrected chi connectivity index (χ0v) is 11.1. The predicted molar refractivity (Wildman–Crippen MR) is 72.0 cm³/mol. The van der Waals surface area contributed by atoms with Crippen LogP contribution in [0.3, 0.4) is 0 Å². The predicted octanol–water partition coefficient (Wildman–Crippen LogP) is 1.48. The molecule has 0 radical (unpaired) electrons. The van der Waals surface area contributed by atoms with Crippen LogP contribution >= 0.6 is 0 Å². The Hall–Kier alpha value is -1.07. The van der Waals surface area contributed by atoms with E-state index in [0.717, 1.165) is 32.4 Å². The largest absolute Gasteiger partial charge is 0.312 e. The molecule has 0 amide bonds. The second-order valence-corrected chi connectivity index (χ2v) is 7.00. The van der Waals surface area contributed by atoms with Gasteiger partial charge in [-0.2, -0.15) is 0 Å². The molecule has 1 aliphatic carbocycles. The van der Waals surface area contributed by atoms with E-state index in [9.17, 15) is 8.42 Å². The first-order chi connectivity index (χ1) is 8.62. The van der Waals surface area contributed by atoms with Crippen LogP contribution in [0.5, 0.6) is 0 Å². The molecule has 1 aromatic carbocycles. The van der Waals surface area contributed by atoms with Gasteiger partial charge in [0, 0.05) is 12.2 Å². The molecule has 3 rings (SSSR count). The maximum absolute atomic E-state index is 11.9. The van der Waals surface area contributed by atoms with Gasteiger partial charge in [0.2, 0.25) is 10.0 Å². The second kappa shape index (κ2) is 4.55. The highest BCUT2D eigenvalue weighted by Crippen LogP contribution is 2.31. The maximum atomic E-state index is 11.9. The summed E-state index contributed by atoms with van der Waals surface area (Å²) < 4.78 is 26.5. The van der Waals surface area contributed by atoms with Crippen molar-refractivity contribution in [3.63, 3.8) is 0 Å². The molecule has 98 valence electrons. The fourth-order valence-corrected chi connectivity index (χ4v) is 3.88. The number of fused-ring (bicyclic) bond motifs is 1. The summed E-state index contributed by atoms with van der Waals surface area (Å²) in [5, 5.41) is 3.30. The van der Waals surface area contributed by atoms with Crippen LogP contribution in [0.25, 0.3) is 0 Å². The molecule has 1 fully saturated rings. The van der Waals surface area contributed by atoms with E-state index in [0.29, 0.717) is 11.6 Å². The summed E-state index contributed by atoms with van der Waals surface area (Å²) in [6.07, 6.45) is 3.12. The quantitative estimate of drug-likeness (QED) is 0.868. The van der Waals surface area contributed by atoms with Crippen LogP contribution in [0.1, 0.15) is 24.0 Å². The third kappa shape index (κ3) is 2.84. The smallest absolute Gasteiger partial charge is 0.232 e. The van der Waals surface area contributed by atoms with Crippen molar-refractivity contribution < 1.29 is 8.42 Å². The summed E-state index contributed by atoms with van der Waals surface area (Å²) in [5.74, 6) is 0.643. The lowest BCUT2D eigenvalue weighted by atomic mass is 10.0. The lowest BCUT2D eigenvalue weighted by Gasteiger charge is -2.18. The highest BCUT2D eigenvalue weighted by Gasteiger charge is 2.28. The average molecular weight is 266 g/mol. The molecule has 2 aliphatic rings. The molecule has 0 atom stereocenters. The minimum Gasteiger partial charge on any atom is -0.312 e. The fraction of sp³-hybridized carbons (Fsp3) is 0.538. The summed E-state index contributed by atoms with van der Waals surface area (Å²) in [7, 11) is -3.17. The van der Waals surface area contributed by atoms with Crippen LogP contribution in [-0.4, -0.2) is 20.7 Å². The Balaban J connectivity index is 1.75. The van der Waals surface area contributed by atoms with Crippen LogP contribution < -0.4 is 10.0 Å². The molecule has 1 aliphatic heterocycles. The van der Waals surface area contributed by atoms with E-state index in [-0.39, 0.29) is 5.75 Å². The number of hydrogen-bond acceptors (Lipinski definition) is 3. The first-order valence-corrected chi connectivity index (χ1v) is 8.11. The van der Waals surface area contributed by atoms with Crippen LogP contribution in [0, 0.1) is 5.92 Å². The van der Waals surface area contributed by atoms with E-state index >= 15 is 0 Å². The van der Waals surface area contributed by atoms with Gasteiger partial charge in [-0.05, 0) is 55.0 Å². The van der Waals surface area contributed by atoms with Crippen LogP contribution in [0.2, 0.25) is 0 Å². The van der Waals surface area contributed by atoms with Crippen LogP contribution in [-0.2, 0) is 23.0 Å². The van der Waals surface area contributed by atoms with Crippen molar-refractivity contribution in [1.82, 2.24) is 5.32 Å². The SMILES string of the molecule is O=S(=O)(CC1CC1)Nc1ccc2c(c1)CNCC2. The van der Waals surface area contributed by atoms with Crippen molar-refractivity contribution in [1.29, 1.82) is 0 Å². The molecule has 1 saturated carbocycles. The lowest BCUT2D eigenvalue weighted by molar-refractivity contribution is 0.597. The molecule has 0 unspecified atom stereocenters. The monoisotopic (exact) mass is 266 g/mol. The van der Waals surface area contributed by atoms with Crippen molar-refractivity contribution in [3.8, 4) is 0 Å². The zero-order valence-electron chi connectivity index (χ0n) is 10.3. The molecule has 18 heavy (non-hydrogen) atoms. The number of anilines is 1. The van der Waals surface area contributed by atoms with Gasteiger partial charge in [-0.3, -0.25) is 4.72 Å². The minimum atomic E-state index is -3.17. The Morgan fingerprint density at radius 3 is 2.89 bits per heavy atom. The summed E-state index contributed by atoms with van der Waals surface area (Å²) >= 11 is 0. The van der Waals surface area contributed by atoms with Crippen molar-refractivity contribution in [2.45, 2.75) is 25.8 Å². The Morgan fingerprint density at radius 1 is 1.28 bits per heavy atom. The Kier molecular flexibility index (Phi) is 3.03. The van der Waals surface area contributed by atoms with Gasteiger partial charge in [0.1, 0.15) is 0 Å². The van der Waals surface area contributed by atoms with Crippen molar-refractivity contribution in [3.05, 3.63) is 29.3 Å². The fourth-order valence-electron chi connectivity index (χ4n) is 2.36. The molecule has 4 nitrogen and oxygen atoms in total. The first-order valence-electron chi connectivity index (χ1n) is 6.45. The Bertz CT molecular complexity index is 550. The van der Waals surface area contributed by atoms with Gasteiger partial charge in [0.15, 0.2) is 0 Å². The summed E-state index contributed by atoms with van der Waals surface area (Å²) in [6.45, 7) is 1.83. The molecule has 0 bridgehead atoms. The Morgan fingerprint density at radius 2 is 2.11 bits per heavy atom. The van der Waals surface area contributed by atoms with E-state index in [1.165, 1.54) is 11.1 Å². The van der Waals surface area contributed by atoms with Gasteiger partial charge in [0.25, 0.3) is 0 Å².